The van der Waals surface area contributed by atoms with Gasteiger partial charge in [0.2, 0.25) is 0 Å². The summed E-state index contributed by atoms with van der Waals surface area (Å²) in [7, 11) is 0. The van der Waals surface area contributed by atoms with Gasteiger partial charge in [0.15, 0.2) is 5.78 Å². The molecule has 0 aromatic heterocycles. The highest BCUT2D eigenvalue weighted by Gasteiger charge is 2.15. The second-order valence-corrected chi connectivity index (χ2v) is 8.12. The van der Waals surface area contributed by atoms with Gasteiger partial charge in [0.25, 0.3) is 0 Å². The molecule has 3 aromatic rings. The zero-order valence-corrected chi connectivity index (χ0v) is 17.5. The highest BCUT2D eigenvalue weighted by molar-refractivity contribution is 9.10. The van der Waals surface area contributed by atoms with Crippen molar-refractivity contribution in [1.29, 1.82) is 0 Å². The fraction of sp³-hybridized carbons (Fsp3) is 0.0435. The Hall–Kier alpha value is -2.70. The minimum absolute atomic E-state index is 0.124. The molecule has 3 rings (SSSR count). The first-order valence-electron chi connectivity index (χ1n) is 8.65. The number of carbonyl (C=O) groups is 2. The maximum atomic E-state index is 13.1. The molecule has 3 aromatic carbocycles. The highest BCUT2D eigenvalue weighted by atomic mass is 79.9. The van der Waals surface area contributed by atoms with Gasteiger partial charge in [-0.1, -0.05) is 52.3 Å². The molecule has 0 heterocycles. The Kier molecular flexibility index (Phi) is 7.01. The molecule has 0 aliphatic carbocycles. The zero-order chi connectivity index (χ0) is 20.8. The molecule has 0 saturated carbocycles. The molecule has 0 radical (unpaired) electrons. The lowest BCUT2D eigenvalue weighted by molar-refractivity contribution is 0.0696. The molecule has 0 bridgehead atoms. The number of carbonyl (C=O) groups excluding carboxylic acids is 1. The first kappa shape index (κ1) is 21.0. The predicted octanol–water partition coefficient (Wildman–Crippen LogP) is 6.44. The van der Waals surface area contributed by atoms with Crippen LogP contribution in [0.1, 0.15) is 31.8 Å². The van der Waals surface area contributed by atoms with Crippen LogP contribution in [-0.4, -0.2) is 16.9 Å². The molecule has 3 nitrogen and oxygen atoms in total. The fourth-order valence-electron chi connectivity index (χ4n) is 2.53. The normalized spacial score (nSPS) is 11.3. The smallest absolute Gasteiger partial charge is 0.335 e. The molecular formula is C23H16BrFO3S. The number of hydrogen-bond acceptors (Lipinski definition) is 3. The van der Waals surface area contributed by atoms with Gasteiger partial charge in [-0.05, 0) is 53.6 Å². The quantitative estimate of drug-likeness (QED) is 0.318. The summed E-state index contributed by atoms with van der Waals surface area (Å²) in [5, 5.41) is 9.04. The summed E-state index contributed by atoms with van der Waals surface area (Å²) in [6.45, 7) is 0. The molecule has 29 heavy (non-hydrogen) atoms. The Morgan fingerprint density at radius 1 is 0.897 bits per heavy atom. The van der Waals surface area contributed by atoms with Crippen LogP contribution in [0.25, 0.3) is 6.08 Å². The summed E-state index contributed by atoms with van der Waals surface area (Å²) in [5.74, 6) is -1.04. The van der Waals surface area contributed by atoms with Crippen molar-refractivity contribution in [3.63, 3.8) is 0 Å². The largest absolute Gasteiger partial charge is 0.478 e. The third-order valence-electron chi connectivity index (χ3n) is 4.09. The van der Waals surface area contributed by atoms with Crippen LogP contribution in [0.4, 0.5) is 4.39 Å². The van der Waals surface area contributed by atoms with Gasteiger partial charge in [-0.3, -0.25) is 4.79 Å². The van der Waals surface area contributed by atoms with Gasteiger partial charge in [-0.15, -0.1) is 11.8 Å². The number of thioether (sulfide) groups is 1. The Labute approximate surface area is 180 Å². The Balaban J connectivity index is 1.88. The van der Waals surface area contributed by atoms with Gasteiger partial charge >= 0.3 is 5.97 Å². The Morgan fingerprint density at radius 2 is 1.48 bits per heavy atom. The molecule has 0 aliphatic heterocycles. The van der Waals surface area contributed by atoms with E-state index < -0.39 is 5.97 Å². The van der Waals surface area contributed by atoms with Crippen LogP contribution >= 0.6 is 27.7 Å². The van der Waals surface area contributed by atoms with E-state index in [9.17, 15) is 14.0 Å². The maximum absolute atomic E-state index is 13.1. The van der Waals surface area contributed by atoms with Crippen LogP contribution in [0.3, 0.4) is 0 Å². The van der Waals surface area contributed by atoms with E-state index in [-0.39, 0.29) is 17.2 Å². The maximum Gasteiger partial charge on any atom is 0.335 e. The van der Waals surface area contributed by atoms with E-state index in [0.717, 1.165) is 15.6 Å². The van der Waals surface area contributed by atoms with Crippen molar-refractivity contribution < 1.29 is 19.1 Å². The number of hydrogen-bond donors (Lipinski definition) is 1. The van der Waals surface area contributed by atoms with Gasteiger partial charge < -0.3 is 5.11 Å². The molecule has 0 aliphatic rings. The summed E-state index contributed by atoms with van der Waals surface area (Å²) in [6.07, 6.45) is 1.80. The van der Waals surface area contributed by atoms with Crippen molar-refractivity contribution in [3.8, 4) is 0 Å². The van der Waals surface area contributed by atoms with Gasteiger partial charge in [0, 0.05) is 15.8 Å². The van der Waals surface area contributed by atoms with Crippen molar-refractivity contribution in [2.24, 2.45) is 0 Å². The van der Waals surface area contributed by atoms with Crippen LogP contribution in [0.5, 0.6) is 0 Å². The van der Waals surface area contributed by atoms with Crippen LogP contribution in [0, 0.1) is 5.82 Å². The van der Waals surface area contributed by atoms with E-state index >= 15 is 0 Å². The average Bonchev–Trinajstić information content (AvgIpc) is 2.73. The van der Waals surface area contributed by atoms with Crippen molar-refractivity contribution in [3.05, 3.63) is 110 Å². The van der Waals surface area contributed by atoms with Crippen LogP contribution in [0.15, 0.2) is 82.2 Å². The van der Waals surface area contributed by atoms with E-state index in [0.29, 0.717) is 16.2 Å². The molecule has 0 atom stereocenters. The molecule has 0 fully saturated rings. The average molecular weight is 471 g/mol. The van der Waals surface area contributed by atoms with Crippen molar-refractivity contribution in [1.82, 2.24) is 0 Å². The Bertz CT molecular complexity index is 1040. The summed E-state index contributed by atoms with van der Waals surface area (Å²) >= 11 is 4.75. The van der Waals surface area contributed by atoms with E-state index in [2.05, 4.69) is 15.9 Å². The lowest BCUT2D eigenvalue weighted by atomic mass is 10.1. The molecule has 0 spiro atoms. The number of benzene rings is 3. The summed E-state index contributed by atoms with van der Waals surface area (Å²) in [6, 6.07) is 19.6. The van der Waals surface area contributed by atoms with Crippen molar-refractivity contribution in [2.45, 2.75) is 5.75 Å². The van der Waals surface area contributed by atoms with Crippen LogP contribution < -0.4 is 0 Å². The fourth-order valence-corrected chi connectivity index (χ4v) is 3.78. The number of ketones is 1. The van der Waals surface area contributed by atoms with E-state index in [1.54, 1.807) is 18.2 Å². The third kappa shape index (κ3) is 5.89. The van der Waals surface area contributed by atoms with Gasteiger partial charge in [-0.25, -0.2) is 9.18 Å². The predicted molar refractivity (Wildman–Crippen MR) is 118 cm³/mol. The molecule has 0 saturated heterocycles. The lowest BCUT2D eigenvalue weighted by Crippen LogP contribution is -2.03. The number of rotatable bonds is 7. The number of Topliss-reactive ketones (excluding diaryl/α,β-unsaturated/α-hetero) is 1. The molecule has 1 N–H and O–H groups in total. The standard InChI is InChI=1S/C23H16BrFO3S/c24-19-9-1-15(2-10-19)13-21(29-14-16-3-11-20(25)12-4-16)22(26)17-5-7-18(8-6-17)23(27)28/h1-13H,14H2,(H,27,28)/b21-13+. The first-order chi connectivity index (χ1) is 13.9. The van der Waals surface area contributed by atoms with Gasteiger partial charge in [0.1, 0.15) is 5.82 Å². The van der Waals surface area contributed by atoms with Crippen LogP contribution in [-0.2, 0) is 5.75 Å². The first-order valence-corrected chi connectivity index (χ1v) is 10.4. The van der Waals surface area contributed by atoms with Crippen molar-refractivity contribution >= 4 is 45.5 Å². The molecular weight excluding hydrogens is 455 g/mol. The second kappa shape index (κ2) is 9.67. The minimum Gasteiger partial charge on any atom is -0.478 e. The summed E-state index contributed by atoms with van der Waals surface area (Å²) in [4.78, 5) is 24.6. The molecule has 146 valence electrons. The summed E-state index contributed by atoms with van der Waals surface area (Å²) < 4.78 is 14.1. The molecule has 0 amide bonds. The zero-order valence-electron chi connectivity index (χ0n) is 15.1. The Morgan fingerprint density at radius 3 is 2.07 bits per heavy atom. The van der Waals surface area contributed by atoms with Crippen LogP contribution in [0.2, 0.25) is 0 Å². The number of allylic oxidation sites excluding steroid dienone is 1. The highest BCUT2D eigenvalue weighted by Crippen LogP contribution is 2.28. The van der Waals surface area contributed by atoms with E-state index in [1.807, 2.05) is 24.3 Å². The van der Waals surface area contributed by atoms with E-state index in [4.69, 9.17) is 5.11 Å². The number of halogens is 2. The summed E-state index contributed by atoms with van der Waals surface area (Å²) in [5.41, 5.74) is 2.29. The molecule has 6 heteroatoms. The monoisotopic (exact) mass is 470 g/mol. The van der Waals surface area contributed by atoms with Gasteiger partial charge in [0.05, 0.1) is 10.5 Å². The van der Waals surface area contributed by atoms with Crippen molar-refractivity contribution in [2.75, 3.05) is 0 Å². The number of aromatic carboxylic acids is 1. The number of carboxylic acid groups (broad SMARTS) is 1. The topological polar surface area (TPSA) is 54.4 Å². The SMILES string of the molecule is O=C(O)c1ccc(C(=O)/C(=C\c2ccc(Br)cc2)SCc2ccc(F)cc2)cc1. The third-order valence-corrected chi connectivity index (χ3v) is 5.71. The minimum atomic E-state index is -1.04. The van der Waals surface area contributed by atoms with Gasteiger partial charge in [-0.2, -0.15) is 0 Å². The number of carboxylic acids is 1. The van der Waals surface area contributed by atoms with E-state index in [1.165, 1.54) is 48.2 Å². The second-order valence-electron chi connectivity index (χ2n) is 6.19. The lowest BCUT2D eigenvalue weighted by Gasteiger charge is -2.08. The molecule has 0 unspecified atom stereocenters.